The minimum atomic E-state index is 0.733. The summed E-state index contributed by atoms with van der Waals surface area (Å²) in [6.45, 7) is 3.84. The minimum Gasteiger partial charge on any atom is -0.497 e. The van der Waals surface area contributed by atoms with Crippen LogP contribution in [-0.2, 0) is 14.2 Å². The number of rotatable bonds is 0. The van der Waals surface area contributed by atoms with Crippen LogP contribution < -0.4 is 0 Å². The summed E-state index contributed by atoms with van der Waals surface area (Å²) in [6, 6.07) is 0. The summed E-state index contributed by atoms with van der Waals surface area (Å²) in [5.74, 6) is 0. The Labute approximate surface area is 72.6 Å². The van der Waals surface area contributed by atoms with Crippen LogP contribution in [0.3, 0.4) is 0 Å². The maximum Gasteiger partial charge on any atom is 0.106 e. The zero-order chi connectivity index (χ0) is 8.49. The van der Waals surface area contributed by atoms with Gasteiger partial charge >= 0.3 is 0 Å². The lowest BCUT2D eigenvalue weighted by molar-refractivity contribution is -0.0334. The second-order valence-electron chi connectivity index (χ2n) is 2.31. The van der Waals surface area contributed by atoms with Crippen molar-refractivity contribution in [3.05, 3.63) is 24.5 Å². The molecule has 0 aliphatic carbocycles. The van der Waals surface area contributed by atoms with Gasteiger partial charge in [0.2, 0.25) is 0 Å². The van der Waals surface area contributed by atoms with Gasteiger partial charge in [-0.25, -0.2) is 0 Å². The molecule has 0 amide bonds. The molecule has 68 valence electrons. The molecule has 1 fully saturated rings. The largest absolute Gasteiger partial charge is 0.497 e. The van der Waals surface area contributed by atoms with E-state index in [1.165, 1.54) is 0 Å². The van der Waals surface area contributed by atoms with Crippen LogP contribution in [0.15, 0.2) is 24.5 Å². The van der Waals surface area contributed by atoms with E-state index in [9.17, 15) is 0 Å². The van der Waals surface area contributed by atoms with Gasteiger partial charge < -0.3 is 14.2 Å². The normalized spacial score (nSPS) is 20.7. The van der Waals surface area contributed by atoms with Gasteiger partial charge in [-0.15, -0.1) is 0 Å². The maximum atomic E-state index is 4.94. The Bertz CT molecular complexity index is 124. The maximum absolute atomic E-state index is 4.94. The van der Waals surface area contributed by atoms with Crippen LogP contribution in [0.2, 0.25) is 0 Å². The van der Waals surface area contributed by atoms with Crippen molar-refractivity contribution in [1.29, 1.82) is 0 Å². The van der Waals surface area contributed by atoms with Gasteiger partial charge in [0.15, 0.2) is 0 Å². The highest BCUT2D eigenvalue weighted by Gasteiger charge is 1.94. The first-order valence-corrected chi connectivity index (χ1v) is 4.09. The molecule has 2 aliphatic heterocycles. The molecule has 12 heavy (non-hydrogen) atoms. The van der Waals surface area contributed by atoms with Crippen molar-refractivity contribution in [2.75, 3.05) is 33.0 Å². The lowest BCUT2D eigenvalue weighted by atomic mass is 10.5. The lowest BCUT2D eigenvalue weighted by Crippen LogP contribution is -2.16. The van der Waals surface area contributed by atoms with E-state index in [0.29, 0.717) is 0 Å². The standard InChI is InChI=1S/C5H6O.C4H8O2/c1-2-4-6-5-3-1;1-2-6-4-3-5-1/h1-4H,5H2;1-4H2. The molecule has 3 nitrogen and oxygen atoms in total. The molecule has 0 spiro atoms. The summed E-state index contributed by atoms with van der Waals surface area (Å²) < 4.78 is 14.7. The van der Waals surface area contributed by atoms with Crippen LogP contribution in [0.1, 0.15) is 0 Å². The van der Waals surface area contributed by atoms with E-state index in [4.69, 9.17) is 14.2 Å². The van der Waals surface area contributed by atoms with Gasteiger partial charge in [0, 0.05) is 0 Å². The number of hydrogen-bond donors (Lipinski definition) is 0. The predicted molar refractivity (Wildman–Crippen MR) is 45.9 cm³/mol. The Kier molecular flexibility index (Phi) is 5.33. The fourth-order valence-corrected chi connectivity index (χ4v) is 0.786. The SMILES string of the molecule is C1=CCOC=C1.C1COCCO1. The summed E-state index contributed by atoms with van der Waals surface area (Å²) in [5.41, 5.74) is 0. The average molecular weight is 170 g/mol. The van der Waals surface area contributed by atoms with Crippen molar-refractivity contribution in [2.45, 2.75) is 0 Å². The summed E-state index contributed by atoms with van der Waals surface area (Å²) in [4.78, 5) is 0. The fourth-order valence-electron chi connectivity index (χ4n) is 0.786. The number of allylic oxidation sites excluding steroid dienone is 2. The highest BCUT2D eigenvalue weighted by atomic mass is 16.6. The van der Waals surface area contributed by atoms with Gasteiger partial charge in [0.05, 0.1) is 32.7 Å². The molecule has 0 aromatic heterocycles. The molecule has 2 aliphatic rings. The smallest absolute Gasteiger partial charge is 0.106 e. The van der Waals surface area contributed by atoms with Crippen LogP contribution >= 0.6 is 0 Å². The average Bonchev–Trinajstić information content (AvgIpc) is 2.24. The summed E-state index contributed by atoms with van der Waals surface area (Å²) in [5, 5.41) is 0. The van der Waals surface area contributed by atoms with Gasteiger partial charge in [-0.1, -0.05) is 6.08 Å². The van der Waals surface area contributed by atoms with Crippen LogP contribution in [0.4, 0.5) is 0 Å². The Morgan fingerprint density at radius 3 is 1.67 bits per heavy atom. The Morgan fingerprint density at radius 1 is 0.833 bits per heavy atom. The summed E-state index contributed by atoms with van der Waals surface area (Å²) >= 11 is 0. The van der Waals surface area contributed by atoms with Crippen LogP contribution in [0.25, 0.3) is 0 Å². The first kappa shape index (κ1) is 9.29. The highest BCUT2D eigenvalue weighted by molar-refractivity contribution is 5.02. The predicted octanol–water partition coefficient (Wildman–Crippen LogP) is 1.12. The topological polar surface area (TPSA) is 27.7 Å². The van der Waals surface area contributed by atoms with E-state index >= 15 is 0 Å². The van der Waals surface area contributed by atoms with Crippen LogP contribution in [-0.4, -0.2) is 33.0 Å². The molecule has 0 unspecified atom stereocenters. The molecular formula is C9H14O3. The van der Waals surface area contributed by atoms with Crippen molar-refractivity contribution in [3.8, 4) is 0 Å². The molecule has 0 atom stereocenters. The van der Waals surface area contributed by atoms with Gasteiger partial charge in [-0.3, -0.25) is 0 Å². The lowest BCUT2D eigenvalue weighted by Gasteiger charge is -2.09. The molecule has 2 rings (SSSR count). The molecule has 2 heterocycles. The summed E-state index contributed by atoms with van der Waals surface area (Å²) in [6.07, 6.45) is 7.47. The van der Waals surface area contributed by atoms with Gasteiger partial charge in [0.1, 0.15) is 6.61 Å². The minimum absolute atomic E-state index is 0.733. The van der Waals surface area contributed by atoms with Gasteiger partial charge in [-0.05, 0) is 12.2 Å². The van der Waals surface area contributed by atoms with Gasteiger partial charge in [-0.2, -0.15) is 0 Å². The molecule has 0 radical (unpaired) electrons. The molecule has 0 bridgehead atoms. The van der Waals surface area contributed by atoms with Crippen LogP contribution in [0, 0.1) is 0 Å². The molecule has 0 saturated carbocycles. The third kappa shape index (κ3) is 4.93. The van der Waals surface area contributed by atoms with E-state index in [1.54, 1.807) is 6.26 Å². The van der Waals surface area contributed by atoms with E-state index in [0.717, 1.165) is 33.0 Å². The first-order chi connectivity index (χ1) is 6.00. The van der Waals surface area contributed by atoms with Crippen molar-refractivity contribution in [1.82, 2.24) is 0 Å². The Balaban J connectivity index is 0.000000120. The molecular weight excluding hydrogens is 156 g/mol. The van der Waals surface area contributed by atoms with E-state index in [1.807, 2.05) is 18.2 Å². The second-order valence-corrected chi connectivity index (χ2v) is 2.31. The first-order valence-electron chi connectivity index (χ1n) is 4.09. The highest BCUT2D eigenvalue weighted by Crippen LogP contribution is 1.87. The van der Waals surface area contributed by atoms with Crippen molar-refractivity contribution >= 4 is 0 Å². The van der Waals surface area contributed by atoms with Crippen LogP contribution in [0.5, 0.6) is 0 Å². The fraction of sp³-hybridized carbons (Fsp3) is 0.556. The Hall–Kier alpha value is -0.800. The van der Waals surface area contributed by atoms with Gasteiger partial charge in [0.25, 0.3) is 0 Å². The quantitative estimate of drug-likeness (QED) is 0.545. The number of hydrogen-bond acceptors (Lipinski definition) is 3. The third-order valence-corrected chi connectivity index (χ3v) is 1.36. The molecule has 0 aromatic carbocycles. The zero-order valence-electron chi connectivity index (χ0n) is 7.07. The third-order valence-electron chi connectivity index (χ3n) is 1.36. The second kappa shape index (κ2) is 6.88. The van der Waals surface area contributed by atoms with E-state index in [2.05, 4.69) is 0 Å². The van der Waals surface area contributed by atoms with E-state index in [-0.39, 0.29) is 0 Å². The van der Waals surface area contributed by atoms with Crippen molar-refractivity contribution in [3.63, 3.8) is 0 Å². The zero-order valence-corrected chi connectivity index (χ0v) is 7.07. The molecule has 1 saturated heterocycles. The van der Waals surface area contributed by atoms with Crippen molar-refractivity contribution < 1.29 is 14.2 Å². The molecule has 3 heteroatoms. The van der Waals surface area contributed by atoms with Crippen molar-refractivity contribution in [2.24, 2.45) is 0 Å². The monoisotopic (exact) mass is 170 g/mol. The Morgan fingerprint density at radius 2 is 1.50 bits per heavy atom. The summed E-state index contributed by atoms with van der Waals surface area (Å²) in [7, 11) is 0. The number of ether oxygens (including phenoxy) is 3. The molecule has 0 aromatic rings. The molecule has 0 N–H and O–H groups in total. The van der Waals surface area contributed by atoms with E-state index < -0.39 is 0 Å².